The van der Waals surface area contributed by atoms with E-state index in [4.69, 9.17) is 0 Å². The summed E-state index contributed by atoms with van der Waals surface area (Å²) in [5.41, 5.74) is 2.93. The fraction of sp³-hybridized carbons (Fsp3) is 0.389. The minimum absolute atomic E-state index is 0.199. The van der Waals surface area contributed by atoms with Gasteiger partial charge in [0, 0.05) is 22.6 Å². The summed E-state index contributed by atoms with van der Waals surface area (Å²) in [5.74, 6) is 1.30. The molecule has 1 aromatic heterocycles. The molecule has 2 aliphatic rings. The molecule has 0 bridgehead atoms. The van der Waals surface area contributed by atoms with Gasteiger partial charge in [0.15, 0.2) is 5.78 Å². The molecule has 0 radical (unpaired) electrons. The van der Waals surface area contributed by atoms with Gasteiger partial charge in [0.2, 0.25) is 11.1 Å². The van der Waals surface area contributed by atoms with Crippen LogP contribution in [-0.4, -0.2) is 33.1 Å². The number of carbonyl (C=O) groups excluding carboxylic acids is 1. The number of fused-ring (bicyclic) bond motifs is 1. The molecule has 0 saturated carbocycles. The molecule has 2 heterocycles. The smallest absolute Gasteiger partial charge is 0.227 e. The van der Waals surface area contributed by atoms with Crippen LogP contribution in [0.3, 0.4) is 0 Å². The number of thioether (sulfide) groups is 2. The second kappa shape index (κ2) is 6.53. The molecule has 0 unspecified atom stereocenters. The van der Waals surface area contributed by atoms with Gasteiger partial charge in [-0.05, 0) is 42.5 Å². The van der Waals surface area contributed by atoms with Crippen LogP contribution >= 0.6 is 23.5 Å². The van der Waals surface area contributed by atoms with E-state index >= 15 is 0 Å². The number of ketones is 1. The molecule has 4 rings (SSSR count). The quantitative estimate of drug-likeness (QED) is 0.822. The molecule has 0 fully saturated rings. The molecule has 1 N–H and O–H groups in total. The largest absolute Gasteiger partial charge is 0.328 e. The average Bonchev–Trinajstić information content (AvgIpc) is 3.02. The van der Waals surface area contributed by atoms with Gasteiger partial charge in [-0.2, -0.15) is 4.98 Å². The van der Waals surface area contributed by atoms with Gasteiger partial charge in [-0.1, -0.05) is 30.8 Å². The van der Waals surface area contributed by atoms with Gasteiger partial charge >= 0.3 is 0 Å². The number of carbonyl (C=O) groups is 1. The molecule has 0 saturated heterocycles. The highest BCUT2D eigenvalue weighted by molar-refractivity contribution is 7.98. The Kier molecular flexibility index (Phi) is 4.37. The van der Waals surface area contributed by atoms with Crippen molar-refractivity contribution in [3.8, 4) is 0 Å². The number of allylic oxidation sites excluding steroid dienone is 2. The van der Waals surface area contributed by atoms with Crippen LogP contribution in [0.25, 0.3) is 0 Å². The van der Waals surface area contributed by atoms with Gasteiger partial charge in [0.1, 0.15) is 6.04 Å². The number of rotatable bonds is 3. The molecule has 2 aromatic rings. The number of Topliss-reactive ketones (excluding diaryl/α,β-unsaturated/α-hetero) is 1. The van der Waals surface area contributed by atoms with Crippen LogP contribution in [0.4, 0.5) is 5.95 Å². The van der Waals surface area contributed by atoms with Crippen LogP contribution < -0.4 is 5.32 Å². The van der Waals surface area contributed by atoms with Gasteiger partial charge < -0.3 is 5.32 Å². The lowest BCUT2D eigenvalue weighted by Crippen LogP contribution is -2.33. The monoisotopic (exact) mass is 372 g/mol. The first-order chi connectivity index (χ1) is 12.1. The van der Waals surface area contributed by atoms with E-state index in [2.05, 4.69) is 52.8 Å². The number of anilines is 1. The molecular formula is C18H20N4OS2. The Morgan fingerprint density at radius 2 is 1.92 bits per heavy atom. The molecule has 0 spiro atoms. The molecule has 7 heteroatoms. The third-order valence-electron chi connectivity index (χ3n) is 4.72. The van der Waals surface area contributed by atoms with Crippen LogP contribution in [0.5, 0.6) is 0 Å². The number of aromatic nitrogens is 3. The third kappa shape index (κ3) is 2.89. The summed E-state index contributed by atoms with van der Waals surface area (Å²) in [5, 5.41) is 8.71. The first-order valence-corrected chi connectivity index (χ1v) is 10.7. The van der Waals surface area contributed by atoms with Gasteiger partial charge in [-0.25, -0.2) is 4.68 Å². The fourth-order valence-electron chi connectivity index (χ4n) is 3.57. The van der Waals surface area contributed by atoms with Gasteiger partial charge in [0.05, 0.1) is 0 Å². The highest BCUT2D eigenvalue weighted by Gasteiger charge is 2.38. The second-order valence-electron chi connectivity index (χ2n) is 6.50. The van der Waals surface area contributed by atoms with Crippen molar-refractivity contribution < 1.29 is 4.79 Å². The SMILES string of the molecule is CSc1ccc([C@H]2C3=C(C[C@H](C)CC3=O)Nc3nc(SC)nn32)cc1. The summed E-state index contributed by atoms with van der Waals surface area (Å²) >= 11 is 3.22. The third-order valence-corrected chi connectivity index (χ3v) is 6.00. The van der Waals surface area contributed by atoms with Crippen molar-refractivity contribution >= 4 is 35.3 Å². The summed E-state index contributed by atoms with van der Waals surface area (Å²) < 4.78 is 1.87. The van der Waals surface area contributed by atoms with Crippen molar-refractivity contribution in [3.05, 3.63) is 41.1 Å². The number of nitrogens with zero attached hydrogens (tertiary/aromatic N) is 3. The molecule has 130 valence electrons. The lowest BCUT2D eigenvalue weighted by atomic mass is 9.81. The van der Waals surface area contributed by atoms with Crippen LogP contribution in [-0.2, 0) is 4.79 Å². The highest BCUT2D eigenvalue weighted by atomic mass is 32.2. The van der Waals surface area contributed by atoms with E-state index in [1.165, 1.54) is 16.7 Å². The van der Waals surface area contributed by atoms with Gasteiger partial charge in [0.25, 0.3) is 0 Å². The standard InChI is InChI=1S/C18H20N4OS2/c1-10-8-13-15(14(23)9-10)16(11-4-6-12(24-2)7-5-11)22-17(19-13)20-18(21-22)25-3/h4-7,10,16H,8-9H2,1-3H3,(H,19,20,21)/t10-,16-/m0/s1. The summed E-state index contributed by atoms with van der Waals surface area (Å²) in [6.07, 6.45) is 5.50. The first kappa shape index (κ1) is 16.7. The average molecular weight is 373 g/mol. The predicted molar refractivity (Wildman–Crippen MR) is 102 cm³/mol. The van der Waals surface area contributed by atoms with Crippen molar-refractivity contribution in [2.24, 2.45) is 5.92 Å². The van der Waals surface area contributed by atoms with E-state index in [0.29, 0.717) is 17.5 Å². The van der Waals surface area contributed by atoms with Crippen molar-refractivity contribution in [2.75, 3.05) is 17.8 Å². The van der Waals surface area contributed by atoms with E-state index in [-0.39, 0.29) is 11.8 Å². The Hall–Kier alpha value is -1.73. The molecule has 1 aliphatic heterocycles. The second-order valence-corrected chi connectivity index (χ2v) is 8.15. The van der Waals surface area contributed by atoms with Gasteiger partial charge in [-0.3, -0.25) is 4.79 Å². The van der Waals surface area contributed by atoms with E-state index in [1.54, 1.807) is 11.8 Å². The number of benzene rings is 1. The molecular weight excluding hydrogens is 352 g/mol. The van der Waals surface area contributed by atoms with Crippen molar-refractivity contribution in [2.45, 2.75) is 35.9 Å². The number of hydrogen-bond acceptors (Lipinski definition) is 6. The van der Waals surface area contributed by atoms with Crippen molar-refractivity contribution in [1.82, 2.24) is 14.8 Å². The number of hydrogen-bond donors (Lipinski definition) is 1. The van der Waals surface area contributed by atoms with Crippen molar-refractivity contribution in [1.29, 1.82) is 0 Å². The van der Waals surface area contributed by atoms with Crippen LogP contribution in [0.15, 0.2) is 45.6 Å². The van der Waals surface area contributed by atoms with E-state index < -0.39 is 0 Å². The molecule has 5 nitrogen and oxygen atoms in total. The van der Waals surface area contributed by atoms with E-state index in [1.807, 2.05) is 10.9 Å². The lowest BCUT2D eigenvalue weighted by Gasteiger charge is -2.34. The maximum atomic E-state index is 12.9. The van der Waals surface area contributed by atoms with Crippen molar-refractivity contribution in [3.63, 3.8) is 0 Å². The Bertz CT molecular complexity index is 856. The van der Waals surface area contributed by atoms with Crippen LogP contribution in [0.2, 0.25) is 0 Å². The minimum atomic E-state index is -0.199. The molecule has 1 aromatic carbocycles. The van der Waals surface area contributed by atoms with E-state index in [9.17, 15) is 4.79 Å². The van der Waals surface area contributed by atoms with Crippen LogP contribution in [0.1, 0.15) is 31.4 Å². The molecule has 2 atom stereocenters. The summed E-state index contributed by atoms with van der Waals surface area (Å²) in [6, 6.07) is 8.20. The zero-order valence-electron chi connectivity index (χ0n) is 14.4. The Morgan fingerprint density at radius 3 is 2.60 bits per heavy atom. The highest BCUT2D eigenvalue weighted by Crippen LogP contribution is 2.41. The summed E-state index contributed by atoms with van der Waals surface area (Å²) in [4.78, 5) is 18.6. The first-order valence-electron chi connectivity index (χ1n) is 8.28. The predicted octanol–water partition coefficient (Wildman–Crippen LogP) is 3.99. The summed E-state index contributed by atoms with van der Waals surface area (Å²) in [7, 11) is 0. The maximum absolute atomic E-state index is 12.9. The Labute approximate surface area is 155 Å². The zero-order chi connectivity index (χ0) is 17.6. The van der Waals surface area contributed by atoms with Crippen LogP contribution in [0, 0.1) is 5.92 Å². The fourth-order valence-corrected chi connectivity index (χ4v) is 4.32. The van der Waals surface area contributed by atoms with E-state index in [0.717, 1.165) is 29.2 Å². The lowest BCUT2D eigenvalue weighted by molar-refractivity contribution is -0.117. The zero-order valence-corrected chi connectivity index (χ0v) is 16.1. The Balaban J connectivity index is 1.87. The van der Waals surface area contributed by atoms with Gasteiger partial charge in [-0.15, -0.1) is 16.9 Å². The number of nitrogens with one attached hydrogen (secondary N) is 1. The normalized spacial score (nSPS) is 22.4. The summed E-state index contributed by atoms with van der Waals surface area (Å²) in [6.45, 7) is 2.12. The molecule has 0 amide bonds. The topological polar surface area (TPSA) is 59.8 Å². The Morgan fingerprint density at radius 1 is 1.16 bits per heavy atom. The maximum Gasteiger partial charge on any atom is 0.227 e. The molecule has 25 heavy (non-hydrogen) atoms. The molecule has 1 aliphatic carbocycles. The minimum Gasteiger partial charge on any atom is -0.328 e.